The predicted molar refractivity (Wildman–Crippen MR) is 126 cm³/mol. The van der Waals surface area contributed by atoms with Crippen LogP contribution in [0.4, 0.5) is 5.69 Å². The van der Waals surface area contributed by atoms with Crippen molar-refractivity contribution in [3.05, 3.63) is 95.1 Å². The number of carbonyl (C=O) groups is 2. The van der Waals surface area contributed by atoms with Crippen LogP contribution in [0.1, 0.15) is 27.0 Å². The van der Waals surface area contributed by atoms with Crippen LogP contribution in [-0.2, 0) is 26.1 Å². The summed E-state index contributed by atoms with van der Waals surface area (Å²) in [5, 5.41) is 0. The van der Waals surface area contributed by atoms with Crippen LogP contribution >= 0.6 is 0 Å². The summed E-state index contributed by atoms with van der Waals surface area (Å²) in [7, 11) is -2.31. The fourth-order valence-corrected chi connectivity index (χ4v) is 4.62. The van der Waals surface area contributed by atoms with Crippen LogP contribution in [0.25, 0.3) is 0 Å². The summed E-state index contributed by atoms with van der Waals surface area (Å²) in [5.41, 5.74) is 2.43. The highest BCUT2D eigenvalue weighted by molar-refractivity contribution is 7.92. The van der Waals surface area contributed by atoms with Crippen LogP contribution in [-0.4, -0.2) is 38.8 Å². The zero-order valence-corrected chi connectivity index (χ0v) is 19.6. The molecule has 0 radical (unpaired) electrons. The third kappa shape index (κ3) is 6.20. The molecule has 0 aromatic heterocycles. The molecule has 0 spiro atoms. The van der Waals surface area contributed by atoms with Gasteiger partial charge in [0.15, 0.2) is 6.61 Å². The molecule has 0 unspecified atom stereocenters. The van der Waals surface area contributed by atoms with Crippen LogP contribution < -0.4 is 4.72 Å². The van der Waals surface area contributed by atoms with Gasteiger partial charge in [0.2, 0.25) is 0 Å². The van der Waals surface area contributed by atoms with Gasteiger partial charge >= 0.3 is 5.97 Å². The Morgan fingerprint density at radius 1 is 0.939 bits per heavy atom. The van der Waals surface area contributed by atoms with E-state index in [4.69, 9.17) is 4.74 Å². The van der Waals surface area contributed by atoms with Gasteiger partial charge in [-0.1, -0.05) is 54.6 Å². The SMILES string of the molecule is Cc1ccc(C)c(S(=O)(=O)Nc2ccccc2C(=O)OCC(=O)N(C)Cc2ccccc2)c1. The maximum atomic E-state index is 13.0. The lowest BCUT2D eigenvalue weighted by Gasteiger charge is -2.18. The highest BCUT2D eigenvalue weighted by Crippen LogP contribution is 2.23. The number of likely N-dealkylation sites (N-methyl/N-ethyl adjacent to an activating group) is 1. The summed E-state index contributed by atoms with van der Waals surface area (Å²) in [6.45, 7) is 3.42. The van der Waals surface area contributed by atoms with Crippen molar-refractivity contribution in [2.75, 3.05) is 18.4 Å². The first-order chi connectivity index (χ1) is 15.7. The van der Waals surface area contributed by atoms with Gasteiger partial charge in [0.25, 0.3) is 15.9 Å². The van der Waals surface area contributed by atoms with Crippen molar-refractivity contribution < 1.29 is 22.7 Å². The molecule has 0 bridgehead atoms. The molecule has 8 heteroatoms. The lowest BCUT2D eigenvalue weighted by molar-refractivity contribution is -0.133. The summed E-state index contributed by atoms with van der Waals surface area (Å²) < 4.78 is 33.6. The molecule has 0 aliphatic carbocycles. The van der Waals surface area contributed by atoms with E-state index in [1.165, 1.54) is 17.0 Å². The minimum atomic E-state index is -3.93. The molecule has 0 aliphatic heterocycles. The fourth-order valence-electron chi connectivity index (χ4n) is 3.21. The summed E-state index contributed by atoms with van der Waals surface area (Å²) in [5.74, 6) is -1.17. The first-order valence-corrected chi connectivity index (χ1v) is 11.8. The van der Waals surface area contributed by atoms with Gasteiger partial charge in [-0.05, 0) is 48.7 Å². The number of nitrogens with zero attached hydrogens (tertiary/aromatic N) is 1. The summed E-state index contributed by atoms with van der Waals surface area (Å²) >= 11 is 0. The average molecular weight is 467 g/mol. The second-order valence-electron chi connectivity index (χ2n) is 7.73. The fraction of sp³-hybridized carbons (Fsp3) is 0.200. The van der Waals surface area contributed by atoms with Crippen molar-refractivity contribution in [1.82, 2.24) is 4.90 Å². The molecule has 3 aromatic rings. The Bertz CT molecular complexity index is 1260. The monoisotopic (exact) mass is 466 g/mol. The highest BCUT2D eigenvalue weighted by Gasteiger charge is 2.22. The minimum Gasteiger partial charge on any atom is -0.452 e. The van der Waals surface area contributed by atoms with E-state index in [1.807, 2.05) is 36.4 Å². The van der Waals surface area contributed by atoms with E-state index in [9.17, 15) is 18.0 Å². The molecule has 1 amide bonds. The Balaban J connectivity index is 1.70. The third-order valence-electron chi connectivity index (χ3n) is 5.04. The first-order valence-electron chi connectivity index (χ1n) is 10.3. The van der Waals surface area contributed by atoms with Gasteiger partial charge in [0, 0.05) is 13.6 Å². The van der Waals surface area contributed by atoms with E-state index in [2.05, 4.69) is 4.72 Å². The smallest absolute Gasteiger partial charge is 0.340 e. The number of hydrogen-bond acceptors (Lipinski definition) is 5. The predicted octanol–water partition coefficient (Wildman–Crippen LogP) is 3.92. The Morgan fingerprint density at radius 2 is 1.61 bits per heavy atom. The number of para-hydroxylation sites is 1. The molecule has 7 nitrogen and oxygen atoms in total. The van der Waals surface area contributed by atoms with Crippen LogP contribution in [0, 0.1) is 13.8 Å². The molecule has 3 aromatic carbocycles. The van der Waals surface area contributed by atoms with E-state index in [0.29, 0.717) is 12.1 Å². The van der Waals surface area contributed by atoms with Gasteiger partial charge in [-0.3, -0.25) is 9.52 Å². The molecule has 0 fully saturated rings. The number of nitrogens with one attached hydrogen (secondary N) is 1. The van der Waals surface area contributed by atoms with Crippen LogP contribution in [0.3, 0.4) is 0 Å². The third-order valence-corrected chi connectivity index (χ3v) is 6.55. The molecule has 0 saturated heterocycles. The van der Waals surface area contributed by atoms with Crippen molar-refractivity contribution >= 4 is 27.6 Å². The number of esters is 1. The molecule has 3 rings (SSSR count). The summed E-state index contributed by atoms with van der Waals surface area (Å²) in [4.78, 5) is 26.6. The van der Waals surface area contributed by atoms with Crippen molar-refractivity contribution in [2.45, 2.75) is 25.3 Å². The van der Waals surface area contributed by atoms with Gasteiger partial charge in [0.1, 0.15) is 0 Å². The van der Waals surface area contributed by atoms with Crippen LogP contribution in [0.2, 0.25) is 0 Å². The Morgan fingerprint density at radius 3 is 2.33 bits per heavy atom. The number of rotatable bonds is 8. The van der Waals surface area contributed by atoms with Crippen LogP contribution in [0.5, 0.6) is 0 Å². The maximum absolute atomic E-state index is 13.0. The number of ether oxygens (including phenoxy) is 1. The van der Waals surface area contributed by atoms with E-state index in [0.717, 1.165) is 11.1 Å². The highest BCUT2D eigenvalue weighted by atomic mass is 32.2. The summed E-state index contributed by atoms with van der Waals surface area (Å²) in [6.07, 6.45) is 0. The maximum Gasteiger partial charge on any atom is 0.340 e. The Kier molecular flexibility index (Phi) is 7.50. The molecule has 0 heterocycles. The van der Waals surface area contributed by atoms with Crippen LogP contribution in [0.15, 0.2) is 77.7 Å². The van der Waals surface area contributed by atoms with Gasteiger partial charge in [-0.15, -0.1) is 0 Å². The molecular weight excluding hydrogens is 440 g/mol. The lowest BCUT2D eigenvalue weighted by Crippen LogP contribution is -2.31. The van der Waals surface area contributed by atoms with E-state index >= 15 is 0 Å². The number of carbonyl (C=O) groups excluding carboxylic acids is 2. The van der Waals surface area contributed by atoms with E-state index in [-0.39, 0.29) is 22.1 Å². The quantitative estimate of drug-likeness (QED) is 0.508. The molecule has 172 valence electrons. The minimum absolute atomic E-state index is 0.0184. The molecule has 0 saturated carbocycles. The standard InChI is InChI=1S/C25H26N2O5S/c1-18-13-14-19(2)23(15-18)33(30,31)26-22-12-8-7-11-21(22)25(29)32-17-24(28)27(3)16-20-9-5-4-6-10-20/h4-15,26H,16-17H2,1-3H3. The van der Waals surface area contributed by atoms with Gasteiger partial charge in [0.05, 0.1) is 16.1 Å². The summed E-state index contributed by atoms with van der Waals surface area (Å²) in [6, 6.07) is 20.7. The number of hydrogen-bond donors (Lipinski definition) is 1. The zero-order chi connectivity index (χ0) is 24.0. The molecule has 33 heavy (non-hydrogen) atoms. The largest absolute Gasteiger partial charge is 0.452 e. The van der Waals surface area contributed by atoms with Crippen molar-refractivity contribution in [2.24, 2.45) is 0 Å². The molecule has 1 N–H and O–H groups in total. The number of sulfonamides is 1. The van der Waals surface area contributed by atoms with Gasteiger partial charge in [-0.25, -0.2) is 13.2 Å². The molecule has 0 aliphatic rings. The molecule has 0 atom stereocenters. The Hall–Kier alpha value is -3.65. The number of aryl methyl sites for hydroxylation is 2. The van der Waals surface area contributed by atoms with Gasteiger partial charge < -0.3 is 9.64 Å². The first kappa shape index (κ1) is 24.0. The Labute approximate surface area is 194 Å². The van der Waals surface area contributed by atoms with Crippen molar-refractivity contribution in [1.29, 1.82) is 0 Å². The molecular formula is C25H26N2O5S. The average Bonchev–Trinajstić information content (AvgIpc) is 2.79. The topological polar surface area (TPSA) is 92.8 Å². The van der Waals surface area contributed by atoms with Crippen molar-refractivity contribution in [3.8, 4) is 0 Å². The second kappa shape index (κ2) is 10.3. The lowest BCUT2D eigenvalue weighted by atomic mass is 10.2. The van der Waals surface area contributed by atoms with E-state index < -0.39 is 22.6 Å². The number of amides is 1. The van der Waals surface area contributed by atoms with E-state index in [1.54, 1.807) is 45.2 Å². The van der Waals surface area contributed by atoms with Gasteiger partial charge in [-0.2, -0.15) is 0 Å². The normalized spacial score (nSPS) is 11.0. The van der Waals surface area contributed by atoms with Crippen molar-refractivity contribution in [3.63, 3.8) is 0 Å². The number of benzene rings is 3. The number of anilines is 1. The zero-order valence-electron chi connectivity index (χ0n) is 18.7. The second-order valence-corrected chi connectivity index (χ2v) is 9.38.